The number of Topliss-reactive ketones (excluding diaryl/α,β-unsaturated/α-hetero) is 1. The Balaban J connectivity index is 1.52. The second kappa shape index (κ2) is 7.41. The lowest BCUT2D eigenvalue weighted by molar-refractivity contribution is -0.160. The second-order valence-corrected chi connectivity index (χ2v) is 13.0. The highest BCUT2D eigenvalue weighted by Crippen LogP contribution is 2.66. The number of carbonyl (C=O) groups excluding carboxylic acids is 1. The van der Waals surface area contributed by atoms with Crippen LogP contribution in [0.5, 0.6) is 0 Å². The molecule has 4 fully saturated rings. The molecule has 4 aliphatic carbocycles. The molecule has 0 unspecified atom stereocenters. The second-order valence-electron chi connectivity index (χ2n) is 11.5. The van der Waals surface area contributed by atoms with Crippen LogP contribution in [0.1, 0.15) is 77.2 Å². The summed E-state index contributed by atoms with van der Waals surface area (Å²) in [7, 11) is -3.83. The van der Waals surface area contributed by atoms with E-state index in [9.17, 15) is 13.2 Å². The summed E-state index contributed by atoms with van der Waals surface area (Å²) in [5, 5.41) is 0. The van der Waals surface area contributed by atoms with E-state index in [4.69, 9.17) is 4.18 Å². The van der Waals surface area contributed by atoms with Gasteiger partial charge in [-0.05, 0) is 92.1 Å². The fraction of sp³-hybridized carbons (Fsp3) is 0.731. The van der Waals surface area contributed by atoms with Gasteiger partial charge in [-0.15, -0.1) is 0 Å². The molecular formula is C26H36O4S. The highest BCUT2D eigenvalue weighted by Gasteiger charge is 2.62. The molecule has 4 saturated carbocycles. The number of benzene rings is 1. The summed E-state index contributed by atoms with van der Waals surface area (Å²) in [6.45, 7) is 6.67. The van der Waals surface area contributed by atoms with Crippen LogP contribution in [-0.2, 0) is 19.1 Å². The van der Waals surface area contributed by atoms with E-state index in [1.54, 1.807) is 12.1 Å². The van der Waals surface area contributed by atoms with Gasteiger partial charge in [0, 0.05) is 12.8 Å². The Morgan fingerprint density at radius 2 is 1.77 bits per heavy atom. The van der Waals surface area contributed by atoms with Crippen molar-refractivity contribution in [3.63, 3.8) is 0 Å². The number of aryl methyl sites for hydroxylation is 1. The van der Waals surface area contributed by atoms with Gasteiger partial charge < -0.3 is 0 Å². The molecule has 5 rings (SSSR count). The Kier molecular flexibility index (Phi) is 5.17. The molecule has 0 bridgehead atoms. The maximum absolute atomic E-state index is 13.3. The molecule has 7 atom stereocenters. The van der Waals surface area contributed by atoms with Gasteiger partial charge in [0.1, 0.15) is 5.78 Å². The Hall–Kier alpha value is -1.20. The van der Waals surface area contributed by atoms with E-state index in [2.05, 4.69) is 13.8 Å². The van der Waals surface area contributed by atoms with Crippen LogP contribution in [0.4, 0.5) is 0 Å². The zero-order valence-electron chi connectivity index (χ0n) is 19.1. The van der Waals surface area contributed by atoms with Crippen molar-refractivity contribution in [2.45, 2.75) is 89.6 Å². The average Bonchev–Trinajstić information content (AvgIpc) is 3.09. The van der Waals surface area contributed by atoms with Crippen molar-refractivity contribution in [2.75, 3.05) is 0 Å². The number of ketones is 1. The number of hydrogen-bond acceptors (Lipinski definition) is 4. The van der Waals surface area contributed by atoms with Gasteiger partial charge in [0.25, 0.3) is 10.1 Å². The largest absolute Gasteiger partial charge is 0.300 e. The maximum Gasteiger partial charge on any atom is 0.297 e. The summed E-state index contributed by atoms with van der Waals surface area (Å²) in [5.41, 5.74) is 1.20. The molecule has 4 nitrogen and oxygen atoms in total. The molecule has 170 valence electrons. The van der Waals surface area contributed by atoms with Gasteiger partial charge >= 0.3 is 0 Å². The standard InChI is InChI=1S/C26H36O4S/c1-17-6-9-20(10-7-17)31(28,29)30-23-16-25(2)13-4-5-22(25)21-11-8-18-15-19(27)12-14-26(18,3)24(21)23/h6-7,9-10,18,21-24H,4-5,8,11-16H2,1-3H3/t18-,21-,22+,23+,24+,25-,26+/m0/s1. The van der Waals surface area contributed by atoms with Gasteiger partial charge in [-0.3, -0.25) is 8.98 Å². The van der Waals surface area contributed by atoms with Crippen molar-refractivity contribution in [2.24, 2.45) is 34.5 Å². The minimum atomic E-state index is -3.83. The van der Waals surface area contributed by atoms with E-state index in [1.165, 1.54) is 19.3 Å². The van der Waals surface area contributed by atoms with Gasteiger partial charge in [0.15, 0.2) is 0 Å². The molecule has 4 aliphatic rings. The van der Waals surface area contributed by atoms with Crippen LogP contribution in [0, 0.1) is 41.4 Å². The lowest BCUT2D eigenvalue weighted by Gasteiger charge is -2.61. The summed E-state index contributed by atoms with van der Waals surface area (Å²) >= 11 is 0. The lowest BCUT2D eigenvalue weighted by Crippen LogP contribution is -2.58. The average molecular weight is 445 g/mol. The minimum Gasteiger partial charge on any atom is -0.300 e. The highest BCUT2D eigenvalue weighted by molar-refractivity contribution is 7.86. The predicted octanol–water partition coefficient (Wildman–Crippen LogP) is 5.68. The van der Waals surface area contributed by atoms with Crippen LogP contribution in [0.15, 0.2) is 29.2 Å². The number of fused-ring (bicyclic) bond motifs is 5. The van der Waals surface area contributed by atoms with Gasteiger partial charge in [0.2, 0.25) is 0 Å². The molecule has 31 heavy (non-hydrogen) atoms. The first-order valence-electron chi connectivity index (χ1n) is 12.1. The van der Waals surface area contributed by atoms with E-state index < -0.39 is 10.1 Å². The molecular weight excluding hydrogens is 408 g/mol. The quantitative estimate of drug-likeness (QED) is 0.563. The Morgan fingerprint density at radius 3 is 2.52 bits per heavy atom. The molecule has 1 aromatic rings. The summed E-state index contributed by atoms with van der Waals surface area (Å²) in [6, 6.07) is 6.99. The van der Waals surface area contributed by atoms with E-state index in [1.807, 2.05) is 19.1 Å². The molecule has 0 N–H and O–H groups in total. The first kappa shape index (κ1) is 21.6. The van der Waals surface area contributed by atoms with Gasteiger partial charge in [0.05, 0.1) is 11.0 Å². The monoisotopic (exact) mass is 444 g/mol. The summed E-state index contributed by atoms with van der Waals surface area (Å²) in [5.74, 6) is 2.14. The van der Waals surface area contributed by atoms with Crippen LogP contribution in [0.25, 0.3) is 0 Å². The Morgan fingerprint density at radius 1 is 1.03 bits per heavy atom. The normalized spacial score (nSPS) is 42.5. The van der Waals surface area contributed by atoms with Crippen molar-refractivity contribution >= 4 is 15.9 Å². The van der Waals surface area contributed by atoms with Gasteiger partial charge in [-0.2, -0.15) is 8.42 Å². The fourth-order valence-corrected chi connectivity index (χ4v) is 9.25. The van der Waals surface area contributed by atoms with Crippen LogP contribution in [0.2, 0.25) is 0 Å². The van der Waals surface area contributed by atoms with E-state index in [0.717, 1.165) is 31.2 Å². The summed E-state index contributed by atoms with van der Waals surface area (Å²) < 4.78 is 32.8. The molecule has 0 amide bonds. The molecule has 0 aliphatic heterocycles. The van der Waals surface area contributed by atoms with E-state index >= 15 is 0 Å². The predicted molar refractivity (Wildman–Crippen MR) is 120 cm³/mol. The third-order valence-corrected chi connectivity index (χ3v) is 11.1. The van der Waals surface area contributed by atoms with Crippen molar-refractivity contribution in [3.05, 3.63) is 29.8 Å². The number of hydrogen-bond donors (Lipinski definition) is 0. The molecule has 0 saturated heterocycles. The van der Waals surface area contributed by atoms with Crippen LogP contribution < -0.4 is 0 Å². The van der Waals surface area contributed by atoms with Crippen molar-refractivity contribution < 1.29 is 17.4 Å². The molecule has 0 aromatic heterocycles. The smallest absolute Gasteiger partial charge is 0.297 e. The molecule has 0 heterocycles. The van der Waals surface area contributed by atoms with Crippen LogP contribution >= 0.6 is 0 Å². The van der Waals surface area contributed by atoms with Crippen molar-refractivity contribution in [1.82, 2.24) is 0 Å². The third-order valence-electron chi connectivity index (χ3n) is 9.72. The number of rotatable bonds is 3. The maximum atomic E-state index is 13.3. The zero-order chi connectivity index (χ0) is 22.0. The molecule has 0 spiro atoms. The first-order valence-corrected chi connectivity index (χ1v) is 13.5. The van der Waals surface area contributed by atoms with Crippen molar-refractivity contribution in [3.8, 4) is 0 Å². The van der Waals surface area contributed by atoms with E-state index in [-0.39, 0.29) is 27.7 Å². The summed E-state index contributed by atoms with van der Waals surface area (Å²) in [6.07, 6.45) is 8.59. The highest BCUT2D eigenvalue weighted by atomic mass is 32.2. The topological polar surface area (TPSA) is 60.4 Å². The lowest BCUT2D eigenvalue weighted by atomic mass is 9.44. The van der Waals surface area contributed by atoms with Gasteiger partial charge in [-0.25, -0.2) is 0 Å². The van der Waals surface area contributed by atoms with Crippen LogP contribution in [-0.4, -0.2) is 20.3 Å². The zero-order valence-corrected chi connectivity index (χ0v) is 19.9. The van der Waals surface area contributed by atoms with Crippen LogP contribution in [0.3, 0.4) is 0 Å². The fourth-order valence-electron chi connectivity index (χ4n) is 8.16. The third kappa shape index (κ3) is 3.51. The Bertz CT molecular complexity index is 968. The number of carbonyl (C=O) groups is 1. The molecule has 0 radical (unpaired) electrons. The minimum absolute atomic E-state index is 0.00574. The Labute approximate surface area is 187 Å². The van der Waals surface area contributed by atoms with E-state index in [0.29, 0.717) is 36.4 Å². The SMILES string of the molecule is Cc1ccc(S(=O)(=O)O[C@@H]2C[C@]3(C)CCC[C@@H]3[C@@H]3CC[C@H]4CC(=O)CC[C@@]4(C)[C@H]32)cc1. The summed E-state index contributed by atoms with van der Waals surface area (Å²) in [4.78, 5) is 12.5. The molecule has 5 heteroatoms. The van der Waals surface area contributed by atoms with Gasteiger partial charge in [-0.1, -0.05) is 38.0 Å². The van der Waals surface area contributed by atoms with Crippen molar-refractivity contribution in [1.29, 1.82) is 0 Å². The first-order chi connectivity index (χ1) is 14.6. The molecule has 1 aromatic carbocycles.